The van der Waals surface area contributed by atoms with Gasteiger partial charge in [0.1, 0.15) is 11.8 Å². The number of anilines is 1. The lowest BCUT2D eigenvalue weighted by molar-refractivity contribution is -0.117. The second-order valence-corrected chi connectivity index (χ2v) is 4.25. The lowest BCUT2D eigenvalue weighted by Crippen LogP contribution is -2.28. The van der Waals surface area contributed by atoms with Gasteiger partial charge in [-0.2, -0.15) is 0 Å². The van der Waals surface area contributed by atoms with Gasteiger partial charge in [-0.15, -0.1) is 0 Å². The summed E-state index contributed by atoms with van der Waals surface area (Å²) in [6.07, 6.45) is 1.00. The van der Waals surface area contributed by atoms with Gasteiger partial charge in [-0.1, -0.05) is 13.0 Å². The number of carbonyl (C=O) groups is 1. The number of rotatable bonds is 4. The van der Waals surface area contributed by atoms with E-state index in [4.69, 9.17) is 4.74 Å². The van der Waals surface area contributed by atoms with Gasteiger partial charge in [0.25, 0.3) is 0 Å². The van der Waals surface area contributed by atoms with Crippen LogP contribution in [0.4, 0.5) is 5.69 Å². The number of aryl methyl sites for hydroxylation is 1. The molecule has 1 aliphatic heterocycles. The third-order valence-electron chi connectivity index (χ3n) is 3.04. The molecule has 1 aromatic rings. The van der Waals surface area contributed by atoms with Crippen molar-refractivity contribution in [3.05, 3.63) is 23.3 Å². The first-order chi connectivity index (χ1) is 8.19. The summed E-state index contributed by atoms with van der Waals surface area (Å²) in [4.78, 5) is 11.9. The third-order valence-corrected chi connectivity index (χ3v) is 3.04. The Morgan fingerprint density at radius 3 is 2.88 bits per heavy atom. The highest BCUT2D eigenvalue weighted by molar-refractivity contribution is 6.04. The van der Waals surface area contributed by atoms with Gasteiger partial charge in [0, 0.05) is 5.56 Å². The van der Waals surface area contributed by atoms with Crippen LogP contribution in [0.1, 0.15) is 30.5 Å². The first-order valence-corrected chi connectivity index (χ1v) is 5.90. The highest BCUT2D eigenvalue weighted by Gasteiger charge is 2.33. The van der Waals surface area contributed by atoms with Gasteiger partial charge < -0.3 is 15.4 Å². The summed E-state index contributed by atoms with van der Waals surface area (Å²) in [5.41, 5.74) is 2.93. The first-order valence-electron chi connectivity index (χ1n) is 5.90. The lowest BCUT2D eigenvalue weighted by atomic mass is 10.0. The van der Waals surface area contributed by atoms with Gasteiger partial charge in [-0.3, -0.25) is 4.79 Å². The number of hydrogen-bond acceptors (Lipinski definition) is 3. The summed E-state index contributed by atoms with van der Waals surface area (Å²) >= 11 is 0. The van der Waals surface area contributed by atoms with Gasteiger partial charge in [0.05, 0.1) is 12.8 Å². The van der Waals surface area contributed by atoms with Gasteiger partial charge in [0.15, 0.2) is 0 Å². The van der Waals surface area contributed by atoms with Crippen LogP contribution >= 0.6 is 0 Å². The van der Waals surface area contributed by atoms with E-state index in [0.717, 1.165) is 35.5 Å². The number of methoxy groups -OCH3 is 1. The molecule has 1 aromatic carbocycles. The Hall–Kier alpha value is -1.55. The molecular weight excluding hydrogens is 216 g/mol. The molecule has 0 aromatic heterocycles. The minimum Gasteiger partial charge on any atom is -0.495 e. The van der Waals surface area contributed by atoms with Crippen molar-refractivity contribution in [2.45, 2.75) is 26.3 Å². The zero-order chi connectivity index (χ0) is 12.4. The third kappa shape index (κ3) is 2.00. The Balaban J connectivity index is 2.41. The lowest BCUT2D eigenvalue weighted by Gasteiger charge is -2.13. The van der Waals surface area contributed by atoms with E-state index in [1.165, 1.54) is 0 Å². The molecule has 0 spiro atoms. The summed E-state index contributed by atoms with van der Waals surface area (Å²) < 4.78 is 5.27. The molecule has 1 amide bonds. The van der Waals surface area contributed by atoms with Crippen molar-refractivity contribution in [1.29, 1.82) is 0 Å². The van der Waals surface area contributed by atoms with E-state index in [2.05, 4.69) is 17.6 Å². The van der Waals surface area contributed by atoms with Crippen molar-refractivity contribution in [1.82, 2.24) is 5.32 Å². The largest absolute Gasteiger partial charge is 0.495 e. The molecule has 2 N–H and O–H groups in total. The quantitative estimate of drug-likeness (QED) is 0.837. The number of benzene rings is 1. The maximum Gasteiger partial charge on any atom is 0.246 e. The molecule has 1 aliphatic rings. The molecule has 2 rings (SSSR count). The van der Waals surface area contributed by atoms with Crippen LogP contribution in [0.3, 0.4) is 0 Å². The molecule has 17 heavy (non-hydrogen) atoms. The highest BCUT2D eigenvalue weighted by Crippen LogP contribution is 2.40. The van der Waals surface area contributed by atoms with Crippen molar-refractivity contribution in [2.75, 3.05) is 19.0 Å². The van der Waals surface area contributed by atoms with E-state index in [1.54, 1.807) is 7.11 Å². The standard InChI is InChI=1S/C13H18N2O2/c1-4-7-14-12-10-8(2)5-6-9(17-3)11(10)15-13(12)16/h5-6,12,14H,4,7H2,1-3H3,(H,15,16). The van der Waals surface area contributed by atoms with Crippen LogP contribution in [0.5, 0.6) is 5.75 Å². The van der Waals surface area contributed by atoms with Crippen LogP contribution in [-0.4, -0.2) is 19.6 Å². The van der Waals surface area contributed by atoms with Gasteiger partial charge in [-0.25, -0.2) is 0 Å². The second kappa shape index (κ2) is 4.75. The predicted molar refractivity (Wildman–Crippen MR) is 67.4 cm³/mol. The topological polar surface area (TPSA) is 50.4 Å². The number of nitrogens with one attached hydrogen (secondary N) is 2. The fraction of sp³-hybridized carbons (Fsp3) is 0.462. The molecule has 1 atom stereocenters. The molecule has 4 heteroatoms. The van der Waals surface area contributed by atoms with Crippen LogP contribution < -0.4 is 15.4 Å². The number of amides is 1. The fourth-order valence-corrected chi connectivity index (χ4v) is 2.18. The van der Waals surface area contributed by atoms with Crippen molar-refractivity contribution < 1.29 is 9.53 Å². The Kier molecular flexibility index (Phi) is 3.33. The van der Waals surface area contributed by atoms with Crippen LogP contribution in [0.15, 0.2) is 12.1 Å². The smallest absolute Gasteiger partial charge is 0.246 e. The van der Waals surface area contributed by atoms with Crippen LogP contribution in [0, 0.1) is 6.92 Å². The van der Waals surface area contributed by atoms with Crippen LogP contribution in [-0.2, 0) is 4.79 Å². The number of fused-ring (bicyclic) bond motifs is 1. The molecule has 0 saturated carbocycles. The molecule has 92 valence electrons. The van der Waals surface area contributed by atoms with E-state index < -0.39 is 0 Å². The van der Waals surface area contributed by atoms with E-state index in [0.29, 0.717) is 0 Å². The molecule has 0 radical (unpaired) electrons. The summed E-state index contributed by atoms with van der Waals surface area (Å²) in [5.74, 6) is 0.723. The monoisotopic (exact) mass is 234 g/mol. The van der Waals surface area contributed by atoms with Gasteiger partial charge >= 0.3 is 0 Å². The Morgan fingerprint density at radius 2 is 2.24 bits per heavy atom. The Morgan fingerprint density at radius 1 is 1.47 bits per heavy atom. The molecule has 0 aliphatic carbocycles. The molecule has 0 saturated heterocycles. The van der Waals surface area contributed by atoms with E-state index in [-0.39, 0.29) is 11.9 Å². The number of carbonyl (C=O) groups excluding carboxylic acids is 1. The minimum absolute atomic E-state index is 0.000972. The molecule has 1 heterocycles. The Labute approximate surface area is 101 Å². The zero-order valence-corrected chi connectivity index (χ0v) is 10.5. The number of hydrogen-bond donors (Lipinski definition) is 2. The van der Waals surface area contributed by atoms with Crippen molar-refractivity contribution in [3.63, 3.8) is 0 Å². The zero-order valence-electron chi connectivity index (χ0n) is 10.5. The fourth-order valence-electron chi connectivity index (χ4n) is 2.18. The van der Waals surface area contributed by atoms with Gasteiger partial charge in [-0.05, 0) is 31.5 Å². The number of ether oxygens (including phenoxy) is 1. The average Bonchev–Trinajstić information content (AvgIpc) is 2.65. The molecule has 1 unspecified atom stereocenters. The summed E-state index contributed by atoms with van der Waals surface area (Å²) in [5, 5.41) is 6.15. The molecule has 4 nitrogen and oxygen atoms in total. The van der Waals surface area contributed by atoms with Crippen molar-refractivity contribution in [3.8, 4) is 5.75 Å². The SMILES string of the molecule is CCCNC1C(=O)Nc2c(OC)ccc(C)c21. The first kappa shape index (κ1) is 11.9. The summed E-state index contributed by atoms with van der Waals surface area (Å²) in [6, 6.07) is 3.62. The minimum atomic E-state index is -0.250. The van der Waals surface area contributed by atoms with Crippen LogP contribution in [0.25, 0.3) is 0 Å². The Bertz CT molecular complexity index is 443. The van der Waals surface area contributed by atoms with Gasteiger partial charge in [0.2, 0.25) is 5.91 Å². The normalized spacial score (nSPS) is 17.8. The van der Waals surface area contributed by atoms with Crippen molar-refractivity contribution in [2.24, 2.45) is 0 Å². The van der Waals surface area contributed by atoms with E-state index >= 15 is 0 Å². The van der Waals surface area contributed by atoms with Crippen LogP contribution in [0.2, 0.25) is 0 Å². The summed E-state index contributed by atoms with van der Waals surface area (Å²) in [6.45, 7) is 4.92. The highest BCUT2D eigenvalue weighted by atomic mass is 16.5. The maximum absolute atomic E-state index is 11.9. The van der Waals surface area contributed by atoms with E-state index in [1.807, 2.05) is 19.1 Å². The average molecular weight is 234 g/mol. The van der Waals surface area contributed by atoms with Crippen molar-refractivity contribution >= 4 is 11.6 Å². The molecule has 0 bridgehead atoms. The summed E-state index contributed by atoms with van der Waals surface area (Å²) in [7, 11) is 1.61. The molecular formula is C13H18N2O2. The van der Waals surface area contributed by atoms with E-state index in [9.17, 15) is 4.79 Å². The maximum atomic E-state index is 11.9. The molecule has 0 fully saturated rings. The predicted octanol–water partition coefficient (Wildman–Crippen LogP) is 2.00. The second-order valence-electron chi connectivity index (χ2n) is 4.25.